The van der Waals surface area contributed by atoms with Crippen molar-refractivity contribution in [2.24, 2.45) is 11.5 Å². The summed E-state index contributed by atoms with van der Waals surface area (Å²) in [5.41, 5.74) is 11.0. The molecule has 24 heavy (non-hydrogen) atoms. The SMILES string of the molecule is CCN(O)CCC[C@H](N)C(=O)N[C@@H](CCCN(O)C(C)=O)C(N)=O. The second-order valence-corrected chi connectivity index (χ2v) is 5.54. The van der Waals surface area contributed by atoms with Crippen LogP contribution in [0.3, 0.4) is 0 Å². The minimum absolute atomic E-state index is 0.0321. The van der Waals surface area contributed by atoms with Gasteiger partial charge in [-0.2, -0.15) is 5.06 Å². The number of nitrogens with two attached hydrogens (primary N) is 2. The van der Waals surface area contributed by atoms with Gasteiger partial charge in [-0.25, -0.2) is 5.06 Å². The van der Waals surface area contributed by atoms with Gasteiger partial charge in [-0.3, -0.25) is 19.6 Å². The van der Waals surface area contributed by atoms with Crippen LogP contribution in [-0.4, -0.2) is 70.0 Å². The number of hydrogen-bond donors (Lipinski definition) is 5. The number of hydrogen-bond acceptors (Lipinski definition) is 7. The smallest absolute Gasteiger partial charge is 0.242 e. The fraction of sp³-hybridized carbons (Fsp3) is 0.786. The summed E-state index contributed by atoms with van der Waals surface area (Å²) in [6, 6.07) is -1.74. The number of rotatable bonds is 12. The predicted octanol–water partition coefficient (Wildman–Crippen LogP) is -1.21. The molecule has 10 nitrogen and oxygen atoms in total. The number of amides is 3. The molecule has 0 aliphatic carbocycles. The first kappa shape index (κ1) is 22.2. The van der Waals surface area contributed by atoms with Crippen LogP contribution < -0.4 is 16.8 Å². The van der Waals surface area contributed by atoms with E-state index in [1.165, 1.54) is 6.92 Å². The number of nitrogens with one attached hydrogen (secondary N) is 1. The third kappa shape index (κ3) is 9.40. The predicted molar refractivity (Wildman–Crippen MR) is 85.8 cm³/mol. The van der Waals surface area contributed by atoms with E-state index >= 15 is 0 Å². The van der Waals surface area contributed by atoms with Gasteiger partial charge in [0.25, 0.3) is 0 Å². The van der Waals surface area contributed by atoms with Crippen molar-refractivity contribution in [2.45, 2.75) is 51.6 Å². The second kappa shape index (κ2) is 11.7. The van der Waals surface area contributed by atoms with Crippen molar-refractivity contribution >= 4 is 17.7 Å². The fourth-order valence-corrected chi connectivity index (χ4v) is 1.95. The van der Waals surface area contributed by atoms with E-state index in [0.717, 1.165) is 5.06 Å². The van der Waals surface area contributed by atoms with E-state index in [1.807, 2.05) is 0 Å². The Morgan fingerprint density at radius 3 is 2.21 bits per heavy atom. The van der Waals surface area contributed by atoms with E-state index in [4.69, 9.17) is 11.5 Å². The van der Waals surface area contributed by atoms with Gasteiger partial charge in [-0.05, 0) is 25.7 Å². The topological polar surface area (TPSA) is 162 Å². The van der Waals surface area contributed by atoms with Crippen molar-refractivity contribution in [1.29, 1.82) is 0 Å². The van der Waals surface area contributed by atoms with Crippen LogP contribution in [0.1, 0.15) is 39.5 Å². The third-order valence-corrected chi connectivity index (χ3v) is 3.52. The Morgan fingerprint density at radius 1 is 1.12 bits per heavy atom. The third-order valence-electron chi connectivity index (χ3n) is 3.52. The Morgan fingerprint density at radius 2 is 1.71 bits per heavy atom. The highest BCUT2D eigenvalue weighted by atomic mass is 16.5. The van der Waals surface area contributed by atoms with Crippen LogP contribution >= 0.6 is 0 Å². The molecule has 0 bridgehead atoms. The molecule has 0 aliphatic heterocycles. The average Bonchev–Trinajstić information content (AvgIpc) is 2.52. The Kier molecular flexibility index (Phi) is 10.9. The summed E-state index contributed by atoms with van der Waals surface area (Å²) in [6.07, 6.45) is 1.34. The molecule has 10 heteroatoms. The zero-order valence-corrected chi connectivity index (χ0v) is 14.3. The molecule has 0 saturated heterocycles. The first-order valence-electron chi connectivity index (χ1n) is 7.95. The highest BCUT2D eigenvalue weighted by molar-refractivity contribution is 5.88. The van der Waals surface area contributed by atoms with Crippen LogP contribution in [0.4, 0.5) is 0 Å². The molecule has 7 N–H and O–H groups in total. The van der Waals surface area contributed by atoms with Crippen molar-refractivity contribution in [3.05, 3.63) is 0 Å². The molecule has 0 aliphatic rings. The number of nitrogens with zero attached hydrogens (tertiary/aromatic N) is 2. The highest BCUT2D eigenvalue weighted by Gasteiger charge is 2.22. The summed E-state index contributed by atoms with van der Waals surface area (Å²) in [7, 11) is 0. The molecule has 0 aromatic rings. The summed E-state index contributed by atoms with van der Waals surface area (Å²) >= 11 is 0. The maximum Gasteiger partial charge on any atom is 0.242 e. The van der Waals surface area contributed by atoms with Gasteiger partial charge in [0.15, 0.2) is 0 Å². The van der Waals surface area contributed by atoms with Crippen LogP contribution in [0, 0.1) is 0 Å². The van der Waals surface area contributed by atoms with Crippen LogP contribution in [0.2, 0.25) is 0 Å². The van der Waals surface area contributed by atoms with E-state index in [1.54, 1.807) is 6.92 Å². The second-order valence-electron chi connectivity index (χ2n) is 5.54. The largest absolute Gasteiger partial charge is 0.368 e. The summed E-state index contributed by atoms with van der Waals surface area (Å²) < 4.78 is 0. The van der Waals surface area contributed by atoms with Crippen molar-refractivity contribution in [2.75, 3.05) is 19.6 Å². The highest BCUT2D eigenvalue weighted by Crippen LogP contribution is 2.02. The molecule has 0 aromatic carbocycles. The zero-order valence-electron chi connectivity index (χ0n) is 14.3. The van der Waals surface area contributed by atoms with Crippen LogP contribution in [0.25, 0.3) is 0 Å². The summed E-state index contributed by atoms with van der Waals surface area (Å²) in [5.74, 6) is -1.73. The summed E-state index contributed by atoms with van der Waals surface area (Å²) in [6.45, 7) is 3.91. The Labute approximate surface area is 141 Å². The lowest BCUT2D eigenvalue weighted by Gasteiger charge is -2.20. The minimum atomic E-state index is -0.922. The Balaban J connectivity index is 4.27. The first-order valence-corrected chi connectivity index (χ1v) is 7.95. The quantitative estimate of drug-likeness (QED) is 0.218. The monoisotopic (exact) mass is 347 g/mol. The molecule has 0 rings (SSSR count). The molecule has 2 atom stereocenters. The molecule has 0 saturated carbocycles. The van der Waals surface area contributed by atoms with Gasteiger partial charge in [0.1, 0.15) is 6.04 Å². The normalized spacial score (nSPS) is 13.4. The van der Waals surface area contributed by atoms with E-state index in [-0.39, 0.29) is 19.4 Å². The number of primary amides is 1. The Hall–Kier alpha value is -1.75. The number of hydroxylamine groups is 4. The number of carbonyl (C=O) groups is 3. The Bertz CT molecular complexity index is 420. The van der Waals surface area contributed by atoms with Gasteiger partial charge >= 0.3 is 0 Å². The van der Waals surface area contributed by atoms with Crippen molar-refractivity contribution < 1.29 is 24.8 Å². The maximum atomic E-state index is 12.0. The number of carbonyl (C=O) groups excluding carboxylic acids is 3. The van der Waals surface area contributed by atoms with Gasteiger partial charge < -0.3 is 22.0 Å². The van der Waals surface area contributed by atoms with Crippen LogP contribution in [0.5, 0.6) is 0 Å². The molecule has 0 fully saturated rings. The lowest BCUT2D eigenvalue weighted by atomic mass is 10.1. The van der Waals surface area contributed by atoms with E-state index in [2.05, 4.69) is 5.32 Å². The van der Waals surface area contributed by atoms with Gasteiger partial charge in [0, 0.05) is 26.6 Å². The molecular weight excluding hydrogens is 318 g/mol. The lowest BCUT2D eigenvalue weighted by molar-refractivity contribution is -0.162. The summed E-state index contributed by atoms with van der Waals surface area (Å²) in [4.78, 5) is 34.2. The van der Waals surface area contributed by atoms with Crippen molar-refractivity contribution in [1.82, 2.24) is 15.4 Å². The molecule has 140 valence electrons. The molecule has 0 radical (unpaired) electrons. The van der Waals surface area contributed by atoms with Gasteiger partial charge in [-0.1, -0.05) is 6.92 Å². The van der Waals surface area contributed by atoms with Crippen LogP contribution in [0.15, 0.2) is 0 Å². The standard InChI is InChI=1S/C14H29N5O5/c1-3-18(23)8-4-6-11(15)14(22)17-12(13(16)21)7-5-9-19(24)10(2)20/h11-12,23-24H,3-9,15H2,1-2H3,(H2,16,21)(H,17,22)/t11-,12-/m0/s1. The van der Waals surface area contributed by atoms with E-state index in [0.29, 0.717) is 31.0 Å². The lowest BCUT2D eigenvalue weighted by Crippen LogP contribution is -2.50. The van der Waals surface area contributed by atoms with Crippen molar-refractivity contribution in [3.63, 3.8) is 0 Å². The maximum absolute atomic E-state index is 12.0. The zero-order chi connectivity index (χ0) is 18.7. The molecule has 0 heterocycles. The van der Waals surface area contributed by atoms with Gasteiger partial charge in [-0.15, -0.1) is 0 Å². The van der Waals surface area contributed by atoms with Gasteiger partial charge in [0.05, 0.1) is 6.04 Å². The molecular formula is C14H29N5O5. The van der Waals surface area contributed by atoms with Gasteiger partial charge in [0.2, 0.25) is 17.7 Å². The molecule has 0 spiro atoms. The average molecular weight is 347 g/mol. The van der Waals surface area contributed by atoms with E-state index in [9.17, 15) is 24.8 Å². The fourth-order valence-electron chi connectivity index (χ4n) is 1.95. The first-order chi connectivity index (χ1) is 11.2. The minimum Gasteiger partial charge on any atom is -0.368 e. The van der Waals surface area contributed by atoms with E-state index < -0.39 is 29.8 Å². The van der Waals surface area contributed by atoms with Crippen LogP contribution in [-0.2, 0) is 14.4 Å². The molecule has 0 aromatic heterocycles. The van der Waals surface area contributed by atoms with Crippen molar-refractivity contribution in [3.8, 4) is 0 Å². The summed E-state index contributed by atoms with van der Waals surface area (Å²) in [5, 5.41) is 22.7. The molecule has 3 amide bonds. The molecule has 0 unspecified atom stereocenters.